The number of nitrogens with one attached hydrogen (secondary N) is 1. The van der Waals surface area contributed by atoms with Gasteiger partial charge >= 0.3 is 5.91 Å². The second-order valence-corrected chi connectivity index (χ2v) is 4.85. The largest absolute Gasteiger partial charge is 0.387 e. The van der Waals surface area contributed by atoms with E-state index in [2.05, 4.69) is 5.43 Å². The lowest BCUT2D eigenvalue weighted by atomic mass is 10.1. The number of benzene rings is 1. The minimum absolute atomic E-state index is 0.0507. The number of amides is 1. The van der Waals surface area contributed by atoms with Crippen LogP contribution in [0, 0.1) is 0 Å². The van der Waals surface area contributed by atoms with Crippen molar-refractivity contribution in [1.29, 1.82) is 0 Å². The highest BCUT2D eigenvalue weighted by molar-refractivity contribution is 6.42. The molecule has 5 nitrogen and oxygen atoms in total. The molecule has 0 aliphatic carbocycles. The molecule has 0 aliphatic heterocycles. The van der Waals surface area contributed by atoms with E-state index >= 15 is 0 Å². The Morgan fingerprint density at radius 3 is 2.33 bits per heavy atom. The molecule has 0 spiro atoms. The normalized spacial score (nSPS) is 12.9. The second-order valence-electron chi connectivity index (χ2n) is 4.85. The summed E-state index contributed by atoms with van der Waals surface area (Å²) in [5, 5.41) is 9.30. The summed E-state index contributed by atoms with van der Waals surface area (Å²) in [7, 11) is 3.42. The van der Waals surface area contributed by atoms with Crippen molar-refractivity contribution >= 4 is 11.7 Å². The molecule has 1 atom stereocenters. The molecule has 2 N–H and O–H groups in total. The van der Waals surface area contributed by atoms with Gasteiger partial charge in [0.1, 0.15) is 12.6 Å². The van der Waals surface area contributed by atoms with Crippen molar-refractivity contribution in [3.05, 3.63) is 35.9 Å². The minimum Gasteiger partial charge on any atom is -0.387 e. The van der Waals surface area contributed by atoms with Crippen molar-refractivity contribution in [2.24, 2.45) is 0 Å². The van der Waals surface area contributed by atoms with Gasteiger partial charge in [-0.3, -0.25) is 9.59 Å². The molecule has 0 bridgehead atoms. The number of likely N-dealkylation sites (N-methyl/N-ethyl adjacent to an activating group) is 1. The summed E-state index contributed by atoms with van der Waals surface area (Å²) in [6.45, 7) is 1.96. The van der Waals surface area contributed by atoms with Crippen molar-refractivity contribution < 1.29 is 19.3 Å². The number of carbonyl (C=O) groups excluding carboxylic acids is 2. The predicted octanol–water partition coefficient (Wildman–Crippen LogP) is 0.358. The molecular weight excluding hydrogens is 232 g/mol. The lowest BCUT2D eigenvalue weighted by molar-refractivity contribution is -0.927. The van der Waals surface area contributed by atoms with Crippen LogP contribution in [0.2, 0.25) is 0 Å². The van der Waals surface area contributed by atoms with Gasteiger partial charge in [0.2, 0.25) is 0 Å². The fourth-order valence-corrected chi connectivity index (χ4v) is 1.75. The van der Waals surface area contributed by atoms with Gasteiger partial charge < -0.3 is 5.11 Å². The van der Waals surface area contributed by atoms with E-state index < -0.39 is 17.8 Å². The van der Waals surface area contributed by atoms with Gasteiger partial charge in [0, 0.05) is 5.56 Å². The first-order valence-electron chi connectivity index (χ1n) is 5.75. The third kappa shape index (κ3) is 4.27. The molecule has 0 heterocycles. The maximum atomic E-state index is 11.8. The molecule has 5 heteroatoms. The highest BCUT2D eigenvalue weighted by Gasteiger charge is 2.26. The van der Waals surface area contributed by atoms with Crippen LogP contribution in [0.3, 0.4) is 0 Å². The van der Waals surface area contributed by atoms with E-state index in [-0.39, 0.29) is 4.59 Å². The number of Topliss-reactive ketones (excluding diaryl/α,β-unsaturated/α-hetero) is 1. The van der Waals surface area contributed by atoms with Crippen molar-refractivity contribution in [2.45, 2.75) is 13.0 Å². The number of hydrogen-bond acceptors (Lipinski definition) is 3. The van der Waals surface area contributed by atoms with Gasteiger partial charge in [-0.1, -0.05) is 30.3 Å². The summed E-state index contributed by atoms with van der Waals surface area (Å²) < 4.78 is 0.0507. The van der Waals surface area contributed by atoms with Gasteiger partial charge in [-0.2, -0.15) is 5.43 Å². The number of carbonyl (C=O) groups is 2. The van der Waals surface area contributed by atoms with E-state index in [4.69, 9.17) is 0 Å². The molecule has 0 fully saturated rings. The maximum absolute atomic E-state index is 11.8. The Morgan fingerprint density at radius 1 is 1.28 bits per heavy atom. The Labute approximate surface area is 107 Å². The minimum atomic E-state index is -0.674. The third-order valence-corrected chi connectivity index (χ3v) is 2.37. The standard InChI is InChI=1S/C13H18N2O3/c1-10(16)9-15(2,3)14-13(18)12(17)11-7-5-4-6-8-11/h4-8,10,16H,9H2,1-3H3/p+1. The molecule has 18 heavy (non-hydrogen) atoms. The van der Waals surface area contributed by atoms with Gasteiger partial charge in [-0.15, -0.1) is 0 Å². The Kier molecular flexibility index (Phi) is 4.58. The number of ketones is 1. The topological polar surface area (TPSA) is 66.4 Å². The molecule has 0 radical (unpaired) electrons. The van der Waals surface area contributed by atoms with Gasteiger partial charge in [0.05, 0.1) is 14.1 Å². The van der Waals surface area contributed by atoms with Crippen LogP contribution in [-0.2, 0) is 4.79 Å². The molecule has 1 rings (SSSR count). The van der Waals surface area contributed by atoms with Gasteiger partial charge in [-0.25, -0.2) is 4.59 Å². The van der Waals surface area contributed by atoms with Crippen LogP contribution in [0.15, 0.2) is 30.3 Å². The fourth-order valence-electron chi connectivity index (χ4n) is 1.75. The van der Waals surface area contributed by atoms with Crippen LogP contribution >= 0.6 is 0 Å². The SMILES string of the molecule is CC(O)C[N+](C)(C)NC(=O)C(=O)c1ccccc1. The average molecular weight is 251 g/mol. The zero-order valence-electron chi connectivity index (χ0n) is 10.9. The molecule has 1 amide bonds. The summed E-state index contributed by atoms with van der Waals surface area (Å²) in [4.78, 5) is 23.6. The van der Waals surface area contributed by atoms with Gasteiger partial charge in [-0.05, 0) is 6.92 Å². The molecule has 0 aliphatic rings. The number of quaternary nitrogens is 1. The number of nitrogens with zero attached hydrogens (tertiary/aromatic N) is 1. The van der Waals surface area contributed by atoms with E-state index in [0.29, 0.717) is 12.1 Å². The Hall–Kier alpha value is -1.72. The lowest BCUT2D eigenvalue weighted by Crippen LogP contribution is -2.58. The summed E-state index contributed by atoms with van der Waals surface area (Å²) in [6, 6.07) is 8.38. The molecule has 1 unspecified atom stereocenters. The Balaban J connectivity index is 2.69. The number of aliphatic hydroxyl groups excluding tert-OH is 1. The smallest absolute Gasteiger partial charge is 0.336 e. The first-order chi connectivity index (χ1) is 8.32. The third-order valence-electron chi connectivity index (χ3n) is 2.37. The zero-order chi connectivity index (χ0) is 13.8. The van der Waals surface area contributed by atoms with E-state index in [1.54, 1.807) is 51.4 Å². The Bertz CT molecular complexity index is 427. The van der Waals surface area contributed by atoms with Crippen LogP contribution in [-0.4, -0.2) is 48.1 Å². The van der Waals surface area contributed by atoms with Gasteiger partial charge in [0.15, 0.2) is 0 Å². The first-order valence-corrected chi connectivity index (χ1v) is 5.75. The number of aliphatic hydroxyl groups is 1. The van der Waals surface area contributed by atoms with Crippen molar-refractivity contribution in [3.63, 3.8) is 0 Å². The van der Waals surface area contributed by atoms with Gasteiger partial charge in [0.25, 0.3) is 5.78 Å². The molecule has 0 aromatic heterocycles. The summed E-state index contributed by atoms with van der Waals surface area (Å²) in [5.41, 5.74) is 2.93. The zero-order valence-corrected chi connectivity index (χ0v) is 10.9. The fraction of sp³-hybridized carbons (Fsp3) is 0.385. The number of rotatable bonds is 5. The number of hydrogen-bond donors (Lipinski definition) is 2. The van der Waals surface area contributed by atoms with Crippen molar-refractivity contribution in [3.8, 4) is 0 Å². The average Bonchev–Trinajstić information content (AvgIpc) is 2.26. The lowest BCUT2D eigenvalue weighted by Gasteiger charge is -2.29. The van der Waals surface area contributed by atoms with Crippen LogP contribution in [0.25, 0.3) is 0 Å². The van der Waals surface area contributed by atoms with E-state index in [1.165, 1.54) is 0 Å². The van der Waals surface area contributed by atoms with Crippen molar-refractivity contribution in [2.75, 3.05) is 20.6 Å². The van der Waals surface area contributed by atoms with Crippen LogP contribution in [0.5, 0.6) is 0 Å². The molecule has 98 valence electrons. The summed E-state index contributed by atoms with van der Waals surface area (Å²) >= 11 is 0. The molecular formula is C13H19N2O3+. The highest BCUT2D eigenvalue weighted by atomic mass is 16.3. The van der Waals surface area contributed by atoms with E-state index in [1.807, 2.05) is 0 Å². The maximum Gasteiger partial charge on any atom is 0.336 e. The molecule has 1 aromatic rings. The van der Waals surface area contributed by atoms with Crippen LogP contribution in [0.4, 0.5) is 0 Å². The molecule has 1 aromatic carbocycles. The van der Waals surface area contributed by atoms with E-state index in [9.17, 15) is 14.7 Å². The summed E-state index contributed by atoms with van der Waals surface area (Å²) in [5.74, 6) is -1.25. The monoisotopic (exact) mass is 251 g/mol. The van der Waals surface area contributed by atoms with Crippen LogP contribution in [0.1, 0.15) is 17.3 Å². The van der Waals surface area contributed by atoms with E-state index in [0.717, 1.165) is 0 Å². The summed E-state index contributed by atoms with van der Waals surface area (Å²) in [6.07, 6.45) is -0.563. The molecule has 0 saturated carbocycles. The van der Waals surface area contributed by atoms with Crippen molar-refractivity contribution in [1.82, 2.24) is 5.43 Å². The first kappa shape index (κ1) is 14.3. The predicted molar refractivity (Wildman–Crippen MR) is 67.6 cm³/mol. The highest BCUT2D eigenvalue weighted by Crippen LogP contribution is 2.02. The Morgan fingerprint density at radius 2 is 1.83 bits per heavy atom. The quantitative estimate of drug-likeness (QED) is 0.343. The molecule has 0 saturated heterocycles. The van der Waals surface area contributed by atoms with Crippen LogP contribution < -0.4 is 5.43 Å². The second kappa shape index (κ2) is 5.75.